The fourth-order valence-corrected chi connectivity index (χ4v) is 2.60. The molecule has 3 nitrogen and oxygen atoms in total. The van der Waals surface area contributed by atoms with Crippen molar-refractivity contribution in [2.45, 2.75) is 19.9 Å². The quantitative estimate of drug-likeness (QED) is 0.615. The zero-order chi connectivity index (χ0) is 14.5. The number of piperazine rings is 1. The molecule has 1 fully saturated rings. The minimum Gasteiger partial charge on any atom is -0.368 e. The van der Waals surface area contributed by atoms with E-state index >= 15 is 0 Å². The second-order valence-corrected chi connectivity index (χ2v) is 6.89. The molecule has 1 atom stereocenters. The molecule has 2 rings (SSSR count). The molecule has 0 amide bonds. The molecule has 20 heavy (non-hydrogen) atoms. The molecule has 1 aliphatic heterocycles. The lowest BCUT2D eigenvalue weighted by atomic mass is 10.2. The lowest BCUT2D eigenvalue weighted by molar-refractivity contribution is 0.209. The van der Waals surface area contributed by atoms with E-state index in [1.54, 1.807) is 0 Å². The lowest BCUT2D eigenvalue weighted by Crippen LogP contribution is -2.48. The van der Waals surface area contributed by atoms with Crippen LogP contribution < -0.4 is 4.90 Å². The van der Waals surface area contributed by atoms with Crippen molar-refractivity contribution in [1.82, 2.24) is 9.88 Å². The van der Waals surface area contributed by atoms with E-state index in [0.29, 0.717) is 6.04 Å². The summed E-state index contributed by atoms with van der Waals surface area (Å²) in [5.41, 5.74) is 2.16. The van der Waals surface area contributed by atoms with Crippen molar-refractivity contribution in [3.05, 3.63) is 24.0 Å². The summed E-state index contributed by atoms with van der Waals surface area (Å²) in [6.07, 6.45) is 5.79. The molecule has 0 radical (unpaired) electrons. The van der Waals surface area contributed by atoms with Gasteiger partial charge in [-0.15, -0.1) is 10.5 Å². The molecule has 0 saturated carbocycles. The normalized spacial score (nSPS) is 17.7. The molecule has 108 valence electrons. The zero-order valence-electron chi connectivity index (χ0n) is 12.6. The first-order valence-corrected chi connectivity index (χ1v) is 8.78. The fraction of sp³-hybridized carbons (Fsp3) is 0.500. The second kappa shape index (κ2) is 6.92. The standard InChI is InChI=1S/C16H23N3S/c1-14(2)18-6-8-19(9-7-18)16-11-15(12-17-13-16)5-10-20(3)4/h11-14H,3,6-9H2,1-2,4H3/t20-/m0/s1. The molecule has 0 spiro atoms. The van der Waals surface area contributed by atoms with E-state index in [1.807, 2.05) is 18.6 Å². The van der Waals surface area contributed by atoms with Crippen molar-refractivity contribution in [3.8, 4) is 11.2 Å². The average molecular weight is 289 g/mol. The number of hydrogen-bond acceptors (Lipinski definition) is 3. The van der Waals surface area contributed by atoms with Crippen LogP contribution in [0.1, 0.15) is 19.4 Å². The number of pyridine rings is 1. The summed E-state index contributed by atoms with van der Waals surface area (Å²) in [5, 5.41) is 3.11. The Balaban J connectivity index is 2.06. The maximum absolute atomic E-state index is 4.32. The Bertz CT molecular complexity index is 534. The van der Waals surface area contributed by atoms with Gasteiger partial charge in [0.25, 0.3) is 0 Å². The molecule has 1 aliphatic rings. The Morgan fingerprint density at radius 2 is 1.95 bits per heavy atom. The monoisotopic (exact) mass is 289 g/mol. The lowest BCUT2D eigenvalue weighted by Gasteiger charge is -2.38. The van der Waals surface area contributed by atoms with Crippen molar-refractivity contribution in [3.63, 3.8) is 0 Å². The molecule has 0 aliphatic carbocycles. The molecular formula is C16H23N3S. The largest absolute Gasteiger partial charge is 0.368 e. The third kappa shape index (κ3) is 4.09. The highest BCUT2D eigenvalue weighted by Gasteiger charge is 2.19. The molecule has 1 saturated heterocycles. The predicted octanol–water partition coefficient (Wildman–Crippen LogP) is 2.25. The Hall–Kier alpha value is -1.31. The highest BCUT2D eigenvalue weighted by molar-refractivity contribution is 8.17. The maximum atomic E-state index is 4.32. The second-order valence-electron chi connectivity index (χ2n) is 5.41. The summed E-state index contributed by atoms with van der Waals surface area (Å²) in [6.45, 7) is 8.87. The molecule has 0 aromatic carbocycles. The molecule has 0 unspecified atom stereocenters. The van der Waals surface area contributed by atoms with Gasteiger partial charge in [0, 0.05) is 44.0 Å². The molecule has 2 heterocycles. The van der Waals surface area contributed by atoms with Gasteiger partial charge in [0.15, 0.2) is 0 Å². The number of hydrogen-bond donors (Lipinski definition) is 0. The first kappa shape index (κ1) is 15.1. The summed E-state index contributed by atoms with van der Waals surface area (Å²) in [7, 11) is -0.0966. The fourth-order valence-electron chi connectivity index (χ4n) is 2.31. The highest BCUT2D eigenvalue weighted by Crippen LogP contribution is 2.17. The van der Waals surface area contributed by atoms with Crippen molar-refractivity contribution in [2.24, 2.45) is 0 Å². The molecule has 0 N–H and O–H groups in total. The molecule has 1 aromatic rings. The van der Waals surface area contributed by atoms with Gasteiger partial charge in [-0.05, 0) is 31.4 Å². The third-order valence-electron chi connectivity index (χ3n) is 3.50. The smallest absolute Gasteiger partial charge is 0.0566 e. The van der Waals surface area contributed by atoms with Crippen LogP contribution in [0.4, 0.5) is 5.69 Å². The number of nitrogens with zero attached hydrogens (tertiary/aromatic N) is 3. The van der Waals surface area contributed by atoms with Crippen molar-refractivity contribution >= 4 is 22.0 Å². The van der Waals surface area contributed by atoms with Gasteiger partial charge in [-0.3, -0.25) is 9.88 Å². The maximum Gasteiger partial charge on any atom is 0.0566 e. The van der Waals surface area contributed by atoms with Gasteiger partial charge in [-0.1, -0.05) is 11.8 Å². The Morgan fingerprint density at radius 3 is 2.55 bits per heavy atom. The van der Waals surface area contributed by atoms with Crippen LogP contribution in [-0.4, -0.2) is 54.2 Å². The minimum atomic E-state index is -0.0966. The van der Waals surface area contributed by atoms with Crippen LogP contribution >= 0.6 is 10.5 Å². The molecule has 4 heteroatoms. The van der Waals surface area contributed by atoms with Crippen LogP contribution in [0.25, 0.3) is 0 Å². The first-order valence-electron chi connectivity index (χ1n) is 6.97. The van der Waals surface area contributed by atoms with Crippen molar-refractivity contribution < 1.29 is 0 Å². The van der Waals surface area contributed by atoms with E-state index in [2.05, 4.69) is 51.7 Å². The molecule has 1 aromatic heterocycles. The van der Waals surface area contributed by atoms with Crippen LogP contribution in [0.2, 0.25) is 0 Å². The SMILES string of the molecule is C=[S@@](C)C#Cc1cncc(N2CCN(C(C)C)CC2)c1. The summed E-state index contributed by atoms with van der Waals surface area (Å²) < 4.78 is 0. The zero-order valence-corrected chi connectivity index (χ0v) is 13.4. The molecule has 0 bridgehead atoms. The van der Waals surface area contributed by atoms with Crippen LogP contribution in [0.3, 0.4) is 0 Å². The van der Waals surface area contributed by atoms with Crippen molar-refractivity contribution in [2.75, 3.05) is 37.3 Å². The average Bonchev–Trinajstić information content (AvgIpc) is 2.45. The van der Waals surface area contributed by atoms with E-state index in [1.165, 1.54) is 5.69 Å². The van der Waals surface area contributed by atoms with Gasteiger partial charge < -0.3 is 4.90 Å². The summed E-state index contributed by atoms with van der Waals surface area (Å²) in [5.74, 6) is 7.06. The predicted molar refractivity (Wildman–Crippen MR) is 90.7 cm³/mol. The number of rotatable bonds is 2. The van der Waals surface area contributed by atoms with Crippen LogP contribution in [0.5, 0.6) is 0 Å². The Labute approximate surface area is 124 Å². The van der Waals surface area contributed by atoms with Gasteiger partial charge in [0.1, 0.15) is 0 Å². The van der Waals surface area contributed by atoms with Gasteiger partial charge in [0.2, 0.25) is 0 Å². The number of aromatic nitrogens is 1. The van der Waals surface area contributed by atoms with E-state index < -0.39 is 0 Å². The van der Waals surface area contributed by atoms with Crippen molar-refractivity contribution in [1.29, 1.82) is 0 Å². The van der Waals surface area contributed by atoms with E-state index in [9.17, 15) is 0 Å². The van der Waals surface area contributed by atoms with E-state index in [0.717, 1.165) is 31.7 Å². The van der Waals surface area contributed by atoms with Gasteiger partial charge >= 0.3 is 0 Å². The highest BCUT2D eigenvalue weighted by atomic mass is 32.2. The van der Waals surface area contributed by atoms with Gasteiger partial charge in [-0.2, -0.15) is 0 Å². The van der Waals surface area contributed by atoms with E-state index in [4.69, 9.17) is 0 Å². The summed E-state index contributed by atoms with van der Waals surface area (Å²) >= 11 is 0. The third-order valence-corrected chi connectivity index (χ3v) is 3.95. The number of anilines is 1. The van der Waals surface area contributed by atoms with Crippen LogP contribution in [0, 0.1) is 11.2 Å². The molecular weight excluding hydrogens is 266 g/mol. The van der Waals surface area contributed by atoms with Crippen LogP contribution in [-0.2, 0) is 0 Å². The summed E-state index contributed by atoms with van der Waals surface area (Å²) in [4.78, 5) is 9.23. The summed E-state index contributed by atoms with van der Waals surface area (Å²) in [6, 6.07) is 2.77. The van der Waals surface area contributed by atoms with E-state index in [-0.39, 0.29) is 10.5 Å². The Kier molecular flexibility index (Phi) is 5.22. The topological polar surface area (TPSA) is 19.4 Å². The van der Waals surface area contributed by atoms with Gasteiger partial charge in [-0.25, -0.2) is 0 Å². The van der Waals surface area contributed by atoms with Crippen LogP contribution in [0.15, 0.2) is 18.5 Å². The first-order chi connectivity index (χ1) is 9.56. The minimum absolute atomic E-state index is 0.0966. The Morgan fingerprint density at radius 1 is 1.25 bits per heavy atom. The van der Waals surface area contributed by atoms with Gasteiger partial charge in [0.05, 0.1) is 11.9 Å².